The summed E-state index contributed by atoms with van der Waals surface area (Å²) in [6.07, 6.45) is 1.38. The molecule has 110 valence electrons. The predicted molar refractivity (Wildman–Crippen MR) is 82.7 cm³/mol. The van der Waals surface area contributed by atoms with Gasteiger partial charge in [0.1, 0.15) is 0 Å². The topological polar surface area (TPSA) is 92.5 Å². The smallest absolute Gasteiger partial charge is 0.312 e. The second kappa shape index (κ2) is 5.16. The van der Waals surface area contributed by atoms with Crippen molar-refractivity contribution in [1.82, 2.24) is 0 Å². The van der Waals surface area contributed by atoms with Crippen LogP contribution in [0.4, 0.5) is 11.4 Å². The summed E-state index contributed by atoms with van der Waals surface area (Å²) in [5, 5.41) is 23.7. The lowest BCUT2D eigenvalue weighted by molar-refractivity contribution is -0.385. The van der Waals surface area contributed by atoms with Crippen molar-refractivity contribution in [2.24, 2.45) is 0 Å². The van der Waals surface area contributed by atoms with Gasteiger partial charge in [0.25, 0.3) is 5.91 Å². The van der Waals surface area contributed by atoms with Crippen LogP contribution in [0.15, 0.2) is 36.4 Å². The lowest BCUT2D eigenvalue weighted by Gasteiger charge is -2.03. The van der Waals surface area contributed by atoms with Crippen LogP contribution in [0.5, 0.6) is 5.75 Å². The molecule has 2 aromatic rings. The van der Waals surface area contributed by atoms with Crippen LogP contribution in [0, 0.1) is 10.1 Å². The molecular weight excluding hydrogens is 308 g/mol. The average molecular weight is 317 g/mol. The summed E-state index contributed by atoms with van der Waals surface area (Å²) >= 11 is 5.84. The molecule has 3 rings (SSSR count). The summed E-state index contributed by atoms with van der Waals surface area (Å²) in [6.45, 7) is 0. The number of nitro groups is 1. The van der Waals surface area contributed by atoms with E-state index in [1.807, 2.05) is 0 Å². The Balaban J connectivity index is 2.18. The zero-order valence-electron chi connectivity index (χ0n) is 11.0. The molecule has 0 unspecified atom stereocenters. The van der Waals surface area contributed by atoms with Crippen molar-refractivity contribution in [2.45, 2.75) is 0 Å². The number of halogens is 1. The first-order valence-corrected chi connectivity index (χ1v) is 6.64. The summed E-state index contributed by atoms with van der Waals surface area (Å²) in [6, 6.07) is 9.47. The molecule has 2 N–H and O–H groups in total. The van der Waals surface area contributed by atoms with E-state index in [4.69, 9.17) is 11.6 Å². The number of amides is 1. The van der Waals surface area contributed by atoms with Gasteiger partial charge in [0.15, 0.2) is 0 Å². The maximum atomic E-state index is 12.0. The van der Waals surface area contributed by atoms with Crippen molar-refractivity contribution < 1.29 is 14.8 Å². The first-order chi connectivity index (χ1) is 10.5. The highest BCUT2D eigenvalue weighted by molar-refractivity contribution is 6.35. The van der Waals surface area contributed by atoms with E-state index in [0.29, 0.717) is 16.8 Å². The van der Waals surface area contributed by atoms with Crippen LogP contribution in [0.2, 0.25) is 5.02 Å². The van der Waals surface area contributed by atoms with E-state index in [0.717, 1.165) is 6.07 Å². The van der Waals surface area contributed by atoms with Gasteiger partial charge in [-0.3, -0.25) is 14.9 Å². The number of benzene rings is 2. The number of nitro benzene ring substituents is 1. The Morgan fingerprint density at radius 3 is 2.73 bits per heavy atom. The molecule has 0 aromatic heterocycles. The number of phenols is 1. The molecule has 1 aliphatic heterocycles. The van der Waals surface area contributed by atoms with E-state index in [1.165, 1.54) is 12.1 Å². The SMILES string of the molecule is O=C1Nc2ccccc2/C1=C\c1cc(Cl)cc([N+](=O)[O-])c1O. The molecule has 0 atom stereocenters. The fourth-order valence-electron chi connectivity index (χ4n) is 2.29. The number of carbonyl (C=O) groups is 1. The quantitative estimate of drug-likeness (QED) is 0.504. The Bertz CT molecular complexity index is 845. The average Bonchev–Trinajstić information content (AvgIpc) is 2.78. The molecule has 7 heteroatoms. The van der Waals surface area contributed by atoms with Gasteiger partial charge >= 0.3 is 5.69 Å². The minimum atomic E-state index is -0.730. The van der Waals surface area contributed by atoms with E-state index in [9.17, 15) is 20.0 Å². The largest absolute Gasteiger partial charge is 0.502 e. The molecular formula is C15H9ClN2O4. The second-order valence-corrected chi connectivity index (χ2v) is 5.11. The fraction of sp³-hybridized carbons (Fsp3) is 0. The fourth-order valence-corrected chi connectivity index (χ4v) is 2.51. The Hall–Kier alpha value is -2.86. The predicted octanol–water partition coefficient (Wildman–Crippen LogP) is 3.45. The van der Waals surface area contributed by atoms with Gasteiger partial charge < -0.3 is 10.4 Å². The summed E-state index contributed by atoms with van der Waals surface area (Å²) in [7, 11) is 0. The summed E-state index contributed by atoms with van der Waals surface area (Å²) in [5.41, 5.74) is 1.22. The van der Waals surface area contributed by atoms with Crippen LogP contribution in [0.1, 0.15) is 11.1 Å². The molecule has 1 heterocycles. The number of nitrogens with zero attached hydrogens (tertiary/aromatic N) is 1. The third-order valence-corrected chi connectivity index (χ3v) is 3.51. The number of hydrogen-bond donors (Lipinski definition) is 2. The first-order valence-electron chi connectivity index (χ1n) is 6.26. The van der Waals surface area contributed by atoms with Crippen LogP contribution in [-0.4, -0.2) is 15.9 Å². The van der Waals surface area contributed by atoms with Crippen LogP contribution < -0.4 is 5.32 Å². The molecule has 2 aromatic carbocycles. The second-order valence-electron chi connectivity index (χ2n) is 4.68. The van der Waals surface area contributed by atoms with Crippen LogP contribution in [0.3, 0.4) is 0 Å². The minimum absolute atomic E-state index is 0.100. The van der Waals surface area contributed by atoms with Gasteiger partial charge in [0.05, 0.1) is 4.92 Å². The van der Waals surface area contributed by atoms with E-state index < -0.39 is 16.4 Å². The molecule has 0 spiro atoms. The molecule has 0 saturated carbocycles. The highest BCUT2D eigenvalue weighted by atomic mass is 35.5. The summed E-state index contributed by atoms with van der Waals surface area (Å²) in [4.78, 5) is 22.2. The number of fused-ring (bicyclic) bond motifs is 1. The molecule has 0 bridgehead atoms. The zero-order chi connectivity index (χ0) is 15.9. The molecule has 0 fully saturated rings. The van der Waals surface area contributed by atoms with Crippen LogP contribution in [0.25, 0.3) is 11.6 Å². The number of carbonyl (C=O) groups excluding carboxylic acids is 1. The number of nitrogens with one attached hydrogen (secondary N) is 1. The van der Waals surface area contributed by atoms with Crippen molar-refractivity contribution >= 4 is 40.5 Å². The third kappa shape index (κ3) is 2.29. The van der Waals surface area contributed by atoms with Crippen molar-refractivity contribution in [3.8, 4) is 5.75 Å². The maximum Gasteiger partial charge on any atom is 0.312 e. The number of hydrogen-bond acceptors (Lipinski definition) is 4. The molecule has 0 saturated heterocycles. The van der Waals surface area contributed by atoms with Crippen LogP contribution in [-0.2, 0) is 4.79 Å². The molecule has 1 aliphatic rings. The molecule has 0 radical (unpaired) electrons. The Morgan fingerprint density at radius 1 is 1.27 bits per heavy atom. The van der Waals surface area contributed by atoms with E-state index in [1.54, 1.807) is 24.3 Å². The van der Waals surface area contributed by atoms with Gasteiger partial charge in [-0.1, -0.05) is 29.8 Å². The van der Waals surface area contributed by atoms with Gasteiger partial charge in [-0.2, -0.15) is 0 Å². The van der Waals surface area contributed by atoms with E-state index >= 15 is 0 Å². The highest BCUT2D eigenvalue weighted by Crippen LogP contribution is 2.38. The molecule has 0 aliphatic carbocycles. The van der Waals surface area contributed by atoms with Crippen molar-refractivity contribution in [2.75, 3.05) is 5.32 Å². The third-order valence-electron chi connectivity index (χ3n) is 3.29. The van der Waals surface area contributed by atoms with Crippen molar-refractivity contribution in [1.29, 1.82) is 0 Å². The van der Waals surface area contributed by atoms with Crippen LogP contribution >= 0.6 is 11.6 Å². The maximum absolute atomic E-state index is 12.0. The van der Waals surface area contributed by atoms with Gasteiger partial charge in [-0.25, -0.2) is 0 Å². The number of rotatable bonds is 2. The van der Waals surface area contributed by atoms with Crippen molar-refractivity contribution in [3.63, 3.8) is 0 Å². The van der Waals surface area contributed by atoms with Gasteiger partial charge in [-0.05, 0) is 18.2 Å². The monoisotopic (exact) mass is 316 g/mol. The minimum Gasteiger partial charge on any atom is -0.502 e. The van der Waals surface area contributed by atoms with Gasteiger partial charge in [-0.15, -0.1) is 0 Å². The number of phenolic OH excluding ortho intramolecular Hbond substituents is 1. The lowest BCUT2D eigenvalue weighted by Crippen LogP contribution is -2.03. The number of anilines is 1. The standard InChI is InChI=1S/C15H9ClN2O4/c16-9-5-8(14(19)13(7-9)18(21)22)6-11-10-3-1-2-4-12(10)17-15(11)20/h1-7,19H,(H,17,20)/b11-6+. The molecule has 1 amide bonds. The lowest BCUT2D eigenvalue weighted by atomic mass is 10.0. The van der Waals surface area contributed by atoms with E-state index in [2.05, 4.69) is 5.32 Å². The van der Waals surface area contributed by atoms with Gasteiger partial charge in [0, 0.05) is 33.5 Å². The van der Waals surface area contributed by atoms with Crippen molar-refractivity contribution in [3.05, 3.63) is 62.7 Å². The van der Waals surface area contributed by atoms with Gasteiger partial charge in [0.2, 0.25) is 5.75 Å². The zero-order valence-corrected chi connectivity index (χ0v) is 11.8. The Labute approximate surface area is 129 Å². The number of para-hydroxylation sites is 1. The Morgan fingerprint density at radius 2 is 2.00 bits per heavy atom. The molecule has 22 heavy (non-hydrogen) atoms. The van der Waals surface area contributed by atoms with E-state index in [-0.39, 0.29) is 16.5 Å². The highest BCUT2D eigenvalue weighted by Gasteiger charge is 2.25. The summed E-state index contributed by atoms with van der Waals surface area (Å²) < 4.78 is 0. The Kier molecular flexibility index (Phi) is 3.30. The first kappa shape index (κ1) is 14.1. The summed E-state index contributed by atoms with van der Waals surface area (Å²) in [5.74, 6) is -0.873. The molecule has 6 nitrogen and oxygen atoms in total. The number of aromatic hydroxyl groups is 1. The normalized spacial score (nSPS) is 14.8.